The first-order chi connectivity index (χ1) is 9.31. The van der Waals surface area contributed by atoms with Gasteiger partial charge in [0.1, 0.15) is 0 Å². The SMILES string of the molecule is CC(Sc1ccc(Br)cc1)C(=O)NC(C)C(C)C(=O)O. The third-order valence-electron chi connectivity index (χ3n) is 3.01. The highest BCUT2D eigenvalue weighted by Gasteiger charge is 2.23. The summed E-state index contributed by atoms with van der Waals surface area (Å²) < 4.78 is 0.989. The molecule has 20 heavy (non-hydrogen) atoms. The van der Waals surface area contributed by atoms with Gasteiger partial charge in [0.05, 0.1) is 11.2 Å². The summed E-state index contributed by atoms with van der Waals surface area (Å²) in [4.78, 5) is 23.9. The van der Waals surface area contributed by atoms with Crippen LogP contribution in [-0.4, -0.2) is 28.3 Å². The van der Waals surface area contributed by atoms with E-state index in [1.54, 1.807) is 20.8 Å². The lowest BCUT2D eigenvalue weighted by Gasteiger charge is -2.20. The topological polar surface area (TPSA) is 66.4 Å². The number of thioether (sulfide) groups is 1. The number of rotatable bonds is 6. The summed E-state index contributed by atoms with van der Waals surface area (Å²) in [6.07, 6.45) is 0. The fourth-order valence-electron chi connectivity index (χ4n) is 1.45. The lowest BCUT2D eigenvalue weighted by Crippen LogP contribution is -2.43. The maximum absolute atomic E-state index is 12.0. The molecule has 110 valence electrons. The second-order valence-corrected chi connectivity index (χ2v) is 6.97. The molecule has 0 heterocycles. The molecule has 6 heteroatoms. The van der Waals surface area contributed by atoms with Crippen molar-refractivity contribution in [2.24, 2.45) is 5.92 Å². The molecule has 1 aromatic rings. The Hall–Kier alpha value is -1.01. The molecule has 1 aromatic carbocycles. The molecular weight excluding hydrogens is 342 g/mol. The van der Waals surface area contributed by atoms with Gasteiger partial charge in [0.25, 0.3) is 0 Å². The molecule has 1 rings (SSSR count). The van der Waals surface area contributed by atoms with E-state index in [4.69, 9.17) is 5.11 Å². The predicted octanol–water partition coefficient (Wildman–Crippen LogP) is 3.16. The van der Waals surface area contributed by atoms with Gasteiger partial charge < -0.3 is 10.4 Å². The minimum absolute atomic E-state index is 0.154. The Labute approximate surface area is 131 Å². The lowest BCUT2D eigenvalue weighted by molar-refractivity contribution is -0.142. The largest absolute Gasteiger partial charge is 0.481 e. The molecule has 0 saturated heterocycles. The fraction of sp³-hybridized carbons (Fsp3) is 0.429. The summed E-state index contributed by atoms with van der Waals surface area (Å²) in [5.74, 6) is -1.67. The molecule has 0 saturated carbocycles. The van der Waals surface area contributed by atoms with Gasteiger partial charge in [0.15, 0.2) is 0 Å². The van der Waals surface area contributed by atoms with Crippen molar-refractivity contribution in [1.82, 2.24) is 5.32 Å². The van der Waals surface area contributed by atoms with Gasteiger partial charge in [0.2, 0.25) is 5.91 Å². The number of benzene rings is 1. The third-order valence-corrected chi connectivity index (χ3v) is 4.65. The van der Waals surface area contributed by atoms with Crippen LogP contribution in [0.2, 0.25) is 0 Å². The summed E-state index contributed by atoms with van der Waals surface area (Å²) in [7, 11) is 0. The van der Waals surface area contributed by atoms with Gasteiger partial charge in [-0.25, -0.2) is 0 Å². The van der Waals surface area contributed by atoms with Crippen LogP contribution in [0.4, 0.5) is 0 Å². The van der Waals surface area contributed by atoms with E-state index in [0.29, 0.717) is 0 Å². The minimum atomic E-state index is -0.911. The quantitative estimate of drug-likeness (QED) is 0.765. The standard InChI is InChI=1S/C14H18BrNO3S/c1-8(14(18)19)9(2)16-13(17)10(3)20-12-6-4-11(15)5-7-12/h4-10H,1-3H3,(H,16,17)(H,18,19). The van der Waals surface area contributed by atoms with Gasteiger partial charge in [-0.05, 0) is 45.0 Å². The van der Waals surface area contributed by atoms with Crippen molar-refractivity contribution in [1.29, 1.82) is 0 Å². The van der Waals surface area contributed by atoms with Gasteiger partial charge in [-0.15, -0.1) is 11.8 Å². The smallest absolute Gasteiger partial charge is 0.308 e. The van der Waals surface area contributed by atoms with Crippen molar-refractivity contribution >= 4 is 39.6 Å². The third kappa shape index (κ3) is 5.17. The summed E-state index contributed by atoms with van der Waals surface area (Å²) in [6, 6.07) is 7.31. The van der Waals surface area contributed by atoms with E-state index in [0.717, 1.165) is 9.37 Å². The Balaban J connectivity index is 2.54. The summed E-state index contributed by atoms with van der Waals surface area (Å²) in [6.45, 7) is 5.09. The molecule has 0 aliphatic carbocycles. The van der Waals surface area contributed by atoms with E-state index < -0.39 is 17.9 Å². The van der Waals surface area contributed by atoms with Crippen LogP contribution in [0.25, 0.3) is 0 Å². The Bertz CT molecular complexity index is 478. The second kappa shape index (κ2) is 7.69. The molecule has 1 amide bonds. The Morgan fingerprint density at radius 2 is 1.75 bits per heavy atom. The first kappa shape index (κ1) is 17.0. The molecular formula is C14H18BrNO3S. The first-order valence-corrected chi connectivity index (χ1v) is 7.94. The number of hydrogen-bond donors (Lipinski definition) is 2. The number of halogens is 1. The van der Waals surface area contributed by atoms with Crippen LogP contribution >= 0.6 is 27.7 Å². The van der Waals surface area contributed by atoms with Crippen LogP contribution in [0.15, 0.2) is 33.6 Å². The number of nitrogens with one attached hydrogen (secondary N) is 1. The highest BCUT2D eigenvalue weighted by molar-refractivity contribution is 9.10. The van der Waals surface area contributed by atoms with E-state index in [-0.39, 0.29) is 11.2 Å². The average Bonchev–Trinajstić information content (AvgIpc) is 2.40. The second-order valence-electron chi connectivity index (χ2n) is 4.64. The van der Waals surface area contributed by atoms with Crippen molar-refractivity contribution in [2.75, 3.05) is 0 Å². The molecule has 0 radical (unpaired) electrons. The normalized spacial score (nSPS) is 15.2. The van der Waals surface area contributed by atoms with Crippen LogP contribution in [0.1, 0.15) is 20.8 Å². The van der Waals surface area contributed by atoms with Crippen molar-refractivity contribution in [2.45, 2.75) is 37.0 Å². The number of carbonyl (C=O) groups is 2. The van der Waals surface area contributed by atoms with E-state index >= 15 is 0 Å². The summed E-state index contributed by atoms with van der Waals surface area (Å²) in [5.41, 5.74) is 0. The van der Waals surface area contributed by atoms with E-state index in [1.807, 2.05) is 24.3 Å². The van der Waals surface area contributed by atoms with Crippen molar-refractivity contribution in [3.05, 3.63) is 28.7 Å². The zero-order valence-electron chi connectivity index (χ0n) is 11.6. The zero-order chi connectivity index (χ0) is 15.3. The van der Waals surface area contributed by atoms with Gasteiger partial charge in [-0.3, -0.25) is 9.59 Å². The highest BCUT2D eigenvalue weighted by Crippen LogP contribution is 2.25. The van der Waals surface area contributed by atoms with E-state index in [1.165, 1.54) is 11.8 Å². The molecule has 0 aromatic heterocycles. The van der Waals surface area contributed by atoms with Crippen molar-refractivity contribution < 1.29 is 14.7 Å². The maximum atomic E-state index is 12.0. The molecule has 4 nitrogen and oxygen atoms in total. The molecule has 0 aliphatic rings. The number of amides is 1. The lowest BCUT2D eigenvalue weighted by atomic mass is 10.0. The Morgan fingerprint density at radius 3 is 2.25 bits per heavy atom. The predicted molar refractivity (Wildman–Crippen MR) is 83.9 cm³/mol. The van der Waals surface area contributed by atoms with Crippen LogP contribution in [0, 0.1) is 5.92 Å². The van der Waals surface area contributed by atoms with E-state index in [9.17, 15) is 9.59 Å². The summed E-state index contributed by atoms with van der Waals surface area (Å²) in [5, 5.41) is 11.4. The highest BCUT2D eigenvalue weighted by atomic mass is 79.9. The van der Waals surface area contributed by atoms with Crippen LogP contribution < -0.4 is 5.32 Å². The number of hydrogen-bond acceptors (Lipinski definition) is 3. The number of aliphatic carboxylic acids is 1. The van der Waals surface area contributed by atoms with Gasteiger partial charge >= 0.3 is 5.97 Å². The molecule has 0 aliphatic heterocycles. The fourth-order valence-corrected chi connectivity index (χ4v) is 2.59. The summed E-state index contributed by atoms with van der Waals surface area (Å²) >= 11 is 4.80. The number of carboxylic acids is 1. The van der Waals surface area contributed by atoms with Crippen LogP contribution in [-0.2, 0) is 9.59 Å². The number of carbonyl (C=O) groups excluding carboxylic acids is 1. The average molecular weight is 360 g/mol. The van der Waals surface area contributed by atoms with Gasteiger partial charge in [0, 0.05) is 15.4 Å². The van der Waals surface area contributed by atoms with Gasteiger partial charge in [-0.2, -0.15) is 0 Å². The zero-order valence-corrected chi connectivity index (χ0v) is 14.0. The molecule has 0 spiro atoms. The number of carboxylic acid groups (broad SMARTS) is 1. The monoisotopic (exact) mass is 359 g/mol. The Kier molecular flexibility index (Phi) is 6.55. The van der Waals surface area contributed by atoms with Crippen molar-refractivity contribution in [3.63, 3.8) is 0 Å². The van der Waals surface area contributed by atoms with Crippen molar-refractivity contribution in [3.8, 4) is 0 Å². The molecule has 2 N–H and O–H groups in total. The molecule has 3 unspecified atom stereocenters. The Morgan fingerprint density at radius 1 is 1.20 bits per heavy atom. The van der Waals surface area contributed by atoms with Crippen LogP contribution in [0.5, 0.6) is 0 Å². The van der Waals surface area contributed by atoms with E-state index in [2.05, 4.69) is 21.2 Å². The molecule has 3 atom stereocenters. The van der Waals surface area contributed by atoms with Crippen LogP contribution in [0.3, 0.4) is 0 Å². The molecule has 0 bridgehead atoms. The maximum Gasteiger partial charge on any atom is 0.308 e. The minimum Gasteiger partial charge on any atom is -0.481 e. The first-order valence-electron chi connectivity index (χ1n) is 6.26. The molecule has 0 fully saturated rings. The van der Waals surface area contributed by atoms with Gasteiger partial charge in [-0.1, -0.05) is 15.9 Å².